The van der Waals surface area contributed by atoms with Gasteiger partial charge in [0.15, 0.2) is 5.96 Å². The van der Waals surface area contributed by atoms with Gasteiger partial charge in [0.2, 0.25) is 0 Å². The van der Waals surface area contributed by atoms with Gasteiger partial charge in [-0.05, 0) is 30.5 Å². The highest BCUT2D eigenvalue weighted by atomic mass is 19.4. The summed E-state index contributed by atoms with van der Waals surface area (Å²) in [4.78, 5) is 3.96. The van der Waals surface area contributed by atoms with Gasteiger partial charge in [0.25, 0.3) is 0 Å². The molecule has 0 saturated carbocycles. The molecular weight excluding hydrogens is 323 g/mol. The third-order valence-electron chi connectivity index (χ3n) is 3.10. The fraction of sp³-hybridized carbons (Fsp3) is 0.562. The van der Waals surface area contributed by atoms with E-state index in [0.717, 1.165) is 18.6 Å². The summed E-state index contributed by atoms with van der Waals surface area (Å²) >= 11 is 0. The molecule has 0 radical (unpaired) electrons. The molecule has 136 valence electrons. The van der Waals surface area contributed by atoms with Crippen LogP contribution in [0.4, 0.5) is 13.2 Å². The van der Waals surface area contributed by atoms with Gasteiger partial charge in [0, 0.05) is 6.54 Å². The molecule has 4 N–H and O–H groups in total. The molecule has 5 nitrogen and oxygen atoms in total. The first-order valence-electron chi connectivity index (χ1n) is 7.70. The minimum Gasteiger partial charge on any atom is -0.491 e. The van der Waals surface area contributed by atoms with E-state index in [4.69, 9.17) is 10.5 Å². The van der Waals surface area contributed by atoms with Crippen molar-refractivity contribution < 1.29 is 23.0 Å². The van der Waals surface area contributed by atoms with Crippen molar-refractivity contribution in [3.05, 3.63) is 29.8 Å². The predicted octanol–water partition coefficient (Wildman–Crippen LogP) is 2.40. The Morgan fingerprint density at radius 1 is 1.38 bits per heavy atom. The first-order valence-corrected chi connectivity index (χ1v) is 7.70. The van der Waals surface area contributed by atoms with Crippen molar-refractivity contribution in [2.45, 2.75) is 32.5 Å². The maximum Gasteiger partial charge on any atom is 0.416 e. The molecule has 1 rings (SSSR count). The first kappa shape index (κ1) is 20.1. The van der Waals surface area contributed by atoms with Crippen LogP contribution < -0.4 is 15.8 Å². The Hall–Kier alpha value is -1.96. The first-order chi connectivity index (χ1) is 11.2. The number of nitrogens with zero attached hydrogens (tertiary/aromatic N) is 1. The van der Waals surface area contributed by atoms with Gasteiger partial charge in [-0.3, -0.25) is 4.99 Å². The summed E-state index contributed by atoms with van der Waals surface area (Å²) in [5.41, 5.74) is 4.85. The number of hydrogen-bond acceptors (Lipinski definition) is 3. The number of aliphatic imine (C=N–C) groups is 1. The van der Waals surface area contributed by atoms with Crippen LogP contribution >= 0.6 is 0 Å². The highest BCUT2D eigenvalue weighted by Gasteiger charge is 2.30. The molecule has 1 atom stereocenters. The lowest BCUT2D eigenvalue weighted by molar-refractivity contribution is -0.137. The number of nitrogens with one attached hydrogen (secondary N) is 1. The zero-order valence-corrected chi connectivity index (χ0v) is 13.8. The van der Waals surface area contributed by atoms with Crippen molar-refractivity contribution in [1.82, 2.24) is 5.32 Å². The second-order valence-electron chi connectivity index (χ2n) is 5.83. The van der Waals surface area contributed by atoms with Gasteiger partial charge in [-0.2, -0.15) is 13.2 Å². The number of alkyl halides is 3. The molecule has 0 heterocycles. The summed E-state index contributed by atoms with van der Waals surface area (Å²) in [5, 5.41) is 12.7. The second-order valence-corrected chi connectivity index (χ2v) is 5.83. The van der Waals surface area contributed by atoms with Crippen molar-refractivity contribution in [2.75, 3.05) is 19.7 Å². The Morgan fingerprint density at radius 2 is 2.08 bits per heavy atom. The topological polar surface area (TPSA) is 79.9 Å². The van der Waals surface area contributed by atoms with Gasteiger partial charge < -0.3 is 20.9 Å². The largest absolute Gasteiger partial charge is 0.491 e. The number of benzene rings is 1. The zero-order chi connectivity index (χ0) is 18.2. The molecule has 0 spiro atoms. The SMILES string of the molecule is CC(C)CCNC(N)=NCC(O)COc1cccc(C(F)(F)F)c1. The number of halogens is 3. The van der Waals surface area contributed by atoms with Gasteiger partial charge in [0.05, 0.1) is 12.1 Å². The molecule has 0 aromatic heterocycles. The van der Waals surface area contributed by atoms with E-state index in [9.17, 15) is 18.3 Å². The fourth-order valence-electron chi connectivity index (χ4n) is 1.76. The highest BCUT2D eigenvalue weighted by molar-refractivity contribution is 5.77. The normalized spacial score (nSPS) is 13.9. The molecule has 24 heavy (non-hydrogen) atoms. The number of nitrogens with two attached hydrogens (primary N) is 1. The quantitative estimate of drug-likeness (QED) is 0.498. The number of hydrogen-bond donors (Lipinski definition) is 3. The molecule has 0 aliphatic heterocycles. The van der Waals surface area contributed by atoms with Crippen LogP contribution in [0.5, 0.6) is 5.75 Å². The van der Waals surface area contributed by atoms with E-state index in [0.29, 0.717) is 12.5 Å². The molecule has 1 unspecified atom stereocenters. The van der Waals surface area contributed by atoms with E-state index in [1.807, 2.05) is 0 Å². The van der Waals surface area contributed by atoms with Crippen LogP contribution in [0.1, 0.15) is 25.8 Å². The van der Waals surface area contributed by atoms with Crippen LogP contribution in [-0.4, -0.2) is 36.9 Å². The smallest absolute Gasteiger partial charge is 0.416 e. The summed E-state index contributed by atoms with van der Waals surface area (Å²) in [5.74, 6) is 0.793. The predicted molar refractivity (Wildman–Crippen MR) is 86.9 cm³/mol. The van der Waals surface area contributed by atoms with Crippen molar-refractivity contribution in [3.8, 4) is 5.75 Å². The Bertz CT molecular complexity index is 534. The third-order valence-corrected chi connectivity index (χ3v) is 3.10. The molecule has 1 aromatic rings. The van der Waals surface area contributed by atoms with Crippen molar-refractivity contribution in [2.24, 2.45) is 16.6 Å². The van der Waals surface area contributed by atoms with Crippen LogP contribution in [0.15, 0.2) is 29.3 Å². The van der Waals surface area contributed by atoms with E-state index in [1.165, 1.54) is 12.1 Å². The van der Waals surface area contributed by atoms with Crippen LogP contribution in [0.2, 0.25) is 0 Å². The van der Waals surface area contributed by atoms with Gasteiger partial charge in [-0.25, -0.2) is 0 Å². The molecule has 0 fully saturated rings. The molecule has 0 saturated heterocycles. The van der Waals surface area contributed by atoms with E-state index in [2.05, 4.69) is 24.2 Å². The fourth-order valence-corrected chi connectivity index (χ4v) is 1.76. The van der Waals surface area contributed by atoms with Crippen molar-refractivity contribution in [3.63, 3.8) is 0 Å². The Balaban J connectivity index is 2.39. The maximum absolute atomic E-state index is 12.6. The van der Waals surface area contributed by atoms with Crippen molar-refractivity contribution in [1.29, 1.82) is 0 Å². The Kier molecular flexibility index (Phi) is 7.84. The number of aliphatic hydroxyl groups excluding tert-OH is 1. The van der Waals surface area contributed by atoms with E-state index in [-0.39, 0.29) is 24.9 Å². The van der Waals surface area contributed by atoms with Crippen LogP contribution in [-0.2, 0) is 6.18 Å². The summed E-state index contributed by atoms with van der Waals surface area (Å²) in [6, 6.07) is 4.49. The molecular formula is C16H24F3N3O2. The van der Waals surface area contributed by atoms with Crippen LogP contribution in [0.3, 0.4) is 0 Å². The molecule has 8 heteroatoms. The minimum atomic E-state index is -4.43. The average Bonchev–Trinajstić information content (AvgIpc) is 2.50. The van der Waals surface area contributed by atoms with E-state index < -0.39 is 17.8 Å². The van der Waals surface area contributed by atoms with Gasteiger partial charge in [-0.15, -0.1) is 0 Å². The number of ether oxygens (including phenoxy) is 1. The van der Waals surface area contributed by atoms with Crippen molar-refractivity contribution >= 4 is 5.96 Å². The average molecular weight is 347 g/mol. The van der Waals surface area contributed by atoms with Gasteiger partial charge in [0.1, 0.15) is 18.5 Å². The Morgan fingerprint density at radius 3 is 2.71 bits per heavy atom. The minimum absolute atomic E-state index is 0.000522. The third kappa shape index (κ3) is 8.05. The highest BCUT2D eigenvalue weighted by Crippen LogP contribution is 2.31. The zero-order valence-electron chi connectivity index (χ0n) is 13.8. The summed E-state index contributed by atoms with van der Waals surface area (Å²) in [7, 11) is 0. The van der Waals surface area contributed by atoms with Gasteiger partial charge >= 0.3 is 6.18 Å². The number of rotatable bonds is 8. The molecule has 0 amide bonds. The van der Waals surface area contributed by atoms with Gasteiger partial charge in [-0.1, -0.05) is 19.9 Å². The second kappa shape index (κ2) is 9.36. The summed E-state index contributed by atoms with van der Waals surface area (Å²) in [6.45, 7) is 4.68. The Labute approximate surface area is 139 Å². The number of guanidine groups is 1. The summed E-state index contributed by atoms with van der Waals surface area (Å²) in [6.07, 6.45) is -4.46. The molecule has 0 aliphatic carbocycles. The van der Waals surface area contributed by atoms with Crippen LogP contribution in [0, 0.1) is 5.92 Å². The molecule has 0 aliphatic rings. The summed E-state index contributed by atoms with van der Waals surface area (Å²) < 4.78 is 42.9. The molecule has 0 bridgehead atoms. The monoisotopic (exact) mass is 347 g/mol. The maximum atomic E-state index is 12.6. The standard InChI is InChI=1S/C16H24F3N3O2/c1-11(2)6-7-21-15(20)22-9-13(23)10-24-14-5-3-4-12(8-14)16(17,18)19/h3-5,8,11,13,23H,6-7,9-10H2,1-2H3,(H3,20,21,22). The van der Waals surface area contributed by atoms with Crippen LogP contribution in [0.25, 0.3) is 0 Å². The lowest BCUT2D eigenvalue weighted by Crippen LogP contribution is -2.34. The number of aliphatic hydroxyl groups is 1. The lowest BCUT2D eigenvalue weighted by Gasteiger charge is -2.13. The lowest BCUT2D eigenvalue weighted by atomic mass is 10.1. The molecule has 1 aromatic carbocycles. The van der Waals surface area contributed by atoms with E-state index >= 15 is 0 Å². The van der Waals surface area contributed by atoms with E-state index in [1.54, 1.807) is 0 Å².